The van der Waals surface area contributed by atoms with Gasteiger partial charge in [-0.3, -0.25) is 14.8 Å². The third-order valence-electron chi connectivity index (χ3n) is 6.27. The smallest absolute Gasteiger partial charge is 0.259 e. The van der Waals surface area contributed by atoms with Crippen molar-refractivity contribution < 1.29 is 17.9 Å². The Hall–Kier alpha value is -3.85. The third kappa shape index (κ3) is 3.67. The summed E-state index contributed by atoms with van der Waals surface area (Å²) in [4.78, 5) is 18.0. The molecule has 3 atom stereocenters. The summed E-state index contributed by atoms with van der Waals surface area (Å²) in [5.74, 6) is -0.0273. The van der Waals surface area contributed by atoms with Gasteiger partial charge in [-0.05, 0) is 41.0 Å². The van der Waals surface area contributed by atoms with Crippen LogP contribution in [-0.4, -0.2) is 26.5 Å². The lowest BCUT2D eigenvalue weighted by molar-refractivity contribution is -0.128. The lowest BCUT2D eigenvalue weighted by Gasteiger charge is -2.42. The molecule has 2 aliphatic heterocycles. The fraction of sp³-hybridized carbons (Fsp3) is 0.200. The fourth-order valence-electron chi connectivity index (χ4n) is 4.76. The molecule has 8 nitrogen and oxygen atoms in total. The number of nitrogens with two attached hydrogens (primary N) is 1. The van der Waals surface area contributed by atoms with Crippen LogP contribution in [0.1, 0.15) is 24.2 Å². The number of carbonyl (C=O) groups is 1. The minimum atomic E-state index is -3.42. The van der Waals surface area contributed by atoms with E-state index in [1.165, 1.54) is 0 Å². The molecule has 0 radical (unpaired) electrons. The van der Waals surface area contributed by atoms with Gasteiger partial charge in [-0.2, -0.15) is 0 Å². The Morgan fingerprint density at radius 1 is 1.03 bits per heavy atom. The van der Waals surface area contributed by atoms with Crippen molar-refractivity contribution in [3.8, 4) is 16.9 Å². The summed E-state index contributed by atoms with van der Waals surface area (Å²) in [5, 5.41) is 2.67. The first kappa shape index (κ1) is 22.0. The second kappa shape index (κ2) is 7.88. The lowest BCUT2D eigenvalue weighted by Crippen LogP contribution is -2.48. The maximum Gasteiger partial charge on any atom is 0.259 e. The van der Waals surface area contributed by atoms with Gasteiger partial charge >= 0.3 is 0 Å². The predicted octanol–water partition coefficient (Wildman–Crippen LogP) is 3.13. The highest BCUT2D eigenvalue weighted by atomic mass is 32.2. The number of ether oxygens (including phenoxy) is 1. The maximum atomic E-state index is 13.3. The van der Waals surface area contributed by atoms with Crippen LogP contribution < -0.4 is 20.5 Å². The van der Waals surface area contributed by atoms with Crippen LogP contribution in [-0.2, 0) is 20.4 Å². The number of benzene rings is 3. The highest BCUT2D eigenvalue weighted by Crippen LogP contribution is 2.52. The molecule has 174 valence electrons. The number of sulfonamides is 1. The van der Waals surface area contributed by atoms with Crippen molar-refractivity contribution in [2.75, 3.05) is 11.0 Å². The van der Waals surface area contributed by atoms with Crippen molar-refractivity contribution in [1.82, 2.24) is 5.32 Å². The average molecular weight is 477 g/mol. The highest BCUT2D eigenvalue weighted by molar-refractivity contribution is 7.92. The summed E-state index contributed by atoms with van der Waals surface area (Å²) in [5.41, 5.74) is 8.29. The Labute approximate surface area is 197 Å². The van der Waals surface area contributed by atoms with E-state index in [4.69, 9.17) is 10.5 Å². The van der Waals surface area contributed by atoms with Gasteiger partial charge in [-0.1, -0.05) is 55.5 Å². The van der Waals surface area contributed by atoms with Gasteiger partial charge in [0.15, 0.2) is 11.5 Å². The molecule has 3 aromatic rings. The monoisotopic (exact) mass is 476 g/mol. The zero-order valence-corrected chi connectivity index (χ0v) is 19.5. The van der Waals surface area contributed by atoms with Gasteiger partial charge < -0.3 is 10.5 Å². The molecule has 2 aliphatic rings. The molecule has 0 saturated carbocycles. The van der Waals surface area contributed by atoms with Crippen molar-refractivity contribution in [2.45, 2.75) is 18.6 Å². The Balaban J connectivity index is 1.65. The molecule has 5 rings (SSSR count). The number of hydrogen-bond donors (Lipinski definition) is 3. The van der Waals surface area contributed by atoms with Crippen molar-refractivity contribution in [3.05, 3.63) is 83.9 Å². The van der Waals surface area contributed by atoms with E-state index in [0.29, 0.717) is 17.0 Å². The summed E-state index contributed by atoms with van der Waals surface area (Å²) in [7, 11) is -3.42. The Bertz CT molecular complexity index is 1420. The van der Waals surface area contributed by atoms with Gasteiger partial charge in [-0.25, -0.2) is 13.4 Å². The summed E-state index contributed by atoms with van der Waals surface area (Å²) in [6.07, 6.45) is 0.702. The number of nitrogens with one attached hydrogen (secondary N) is 2. The van der Waals surface area contributed by atoms with E-state index < -0.39 is 21.7 Å². The molecule has 0 aliphatic carbocycles. The molecular formula is C25H24N4O4S. The largest absolute Gasteiger partial charge is 0.485 e. The molecule has 1 spiro atoms. The topological polar surface area (TPSA) is 123 Å². The van der Waals surface area contributed by atoms with Crippen LogP contribution in [0, 0.1) is 5.92 Å². The van der Waals surface area contributed by atoms with E-state index >= 15 is 0 Å². The molecule has 0 bridgehead atoms. The van der Waals surface area contributed by atoms with E-state index in [0.717, 1.165) is 22.9 Å². The van der Waals surface area contributed by atoms with Gasteiger partial charge in [0.05, 0.1) is 6.26 Å². The molecule has 0 saturated heterocycles. The van der Waals surface area contributed by atoms with Gasteiger partial charge in [0.25, 0.3) is 5.91 Å². The number of anilines is 1. The molecule has 34 heavy (non-hydrogen) atoms. The summed E-state index contributed by atoms with van der Waals surface area (Å²) < 4.78 is 32.2. The quantitative estimate of drug-likeness (QED) is 0.534. The number of hydrogen-bond acceptors (Lipinski definition) is 6. The van der Waals surface area contributed by atoms with Crippen LogP contribution in [0.4, 0.5) is 5.69 Å². The number of fused-ring (bicyclic) bond motifs is 2. The van der Waals surface area contributed by atoms with E-state index in [1.807, 2.05) is 61.5 Å². The number of carbonyl (C=O) groups excluding carboxylic acids is 1. The predicted molar refractivity (Wildman–Crippen MR) is 131 cm³/mol. The molecule has 9 heteroatoms. The lowest BCUT2D eigenvalue weighted by atomic mass is 9.72. The molecule has 4 N–H and O–H groups in total. The normalized spacial score (nSPS) is 23.6. The van der Waals surface area contributed by atoms with Crippen molar-refractivity contribution in [1.29, 1.82) is 0 Å². The molecule has 1 unspecified atom stereocenters. The first-order chi connectivity index (χ1) is 16.2. The standard InChI is InChI=1S/C25H24N4O4S/c1-15-22(16-7-4-3-5-8-16)33-21-12-11-18(14-20(21)25(15)23(30)27-24(26)28-25)17-9-6-10-19(13-17)29-34(2,31)32/h3-15,22,29H,1-2H3,(H3,26,27,28,30)/t15?,22-,25-/m1/s1. The van der Waals surface area contributed by atoms with Gasteiger partial charge in [-0.15, -0.1) is 0 Å². The van der Waals surface area contributed by atoms with Crippen molar-refractivity contribution >= 4 is 27.6 Å². The van der Waals surface area contributed by atoms with Crippen LogP contribution in [0.3, 0.4) is 0 Å². The van der Waals surface area contributed by atoms with Gasteiger partial charge in [0.1, 0.15) is 11.9 Å². The molecule has 2 heterocycles. The minimum absolute atomic E-state index is 0.0706. The average Bonchev–Trinajstić information content (AvgIpc) is 3.10. The van der Waals surface area contributed by atoms with Crippen LogP contribution in [0.2, 0.25) is 0 Å². The van der Waals surface area contributed by atoms with Crippen molar-refractivity contribution in [3.63, 3.8) is 0 Å². The first-order valence-corrected chi connectivity index (χ1v) is 12.7. The Kier molecular flexibility index (Phi) is 5.09. The maximum absolute atomic E-state index is 13.3. The number of rotatable bonds is 4. The number of guanidine groups is 1. The minimum Gasteiger partial charge on any atom is -0.485 e. The first-order valence-electron chi connectivity index (χ1n) is 10.8. The Morgan fingerprint density at radius 2 is 1.76 bits per heavy atom. The van der Waals surface area contributed by atoms with Gasteiger partial charge in [0.2, 0.25) is 10.0 Å². The third-order valence-corrected chi connectivity index (χ3v) is 6.88. The molecule has 0 aromatic heterocycles. The summed E-state index contributed by atoms with van der Waals surface area (Å²) in [6.45, 7) is 1.94. The SMILES string of the molecule is CC1[C@H](c2ccccc2)Oc2ccc(-c3cccc(NS(C)(=O)=O)c3)cc2[C@]12N=C(N)NC2=O. The highest BCUT2D eigenvalue weighted by Gasteiger charge is 2.56. The fourth-order valence-corrected chi connectivity index (χ4v) is 5.32. The zero-order chi connectivity index (χ0) is 24.1. The zero-order valence-electron chi connectivity index (χ0n) is 18.6. The van der Waals surface area contributed by atoms with Crippen LogP contribution in [0.15, 0.2) is 77.8 Å². The molecular weight excluding hydrogens is 452 g/mol. The van der Waals surface area contributed by atoms with E-state index in [1.54, 1.807) is 18.2 Å². The van der Waals surface area contributed by atoms with Crippen molar-refractivity contribution in [2.24, 2.45) is 16.6 Å². The summed E-state index contributed by atoms with van der Waals surface area (Å²) >= 11 is 0. The molecule has 0 fully saturated rings. The second-order valence-electron chi connectivity index (χ2n) is 8.62. The van der Waals surface area contributed by atoms with E-state index in [-0.39, 0.29) is 17.8 Å². The molecule has 1 amide bonds. The number of aliphatic imine (C=N–C) groups is 1. The number of amides is 1. The Morgan fingerprint density at radius 3 is 2.44 bits per heavy atom. The van der Waals surface area contributed by atoms with Crippen LogP contribution in [0.25, 0.3) is 11.1 Å². The second-order valence-corrected chi connectivity index (χ2v) is 10.4. The summed E-state index contributed by atoms with van der Waals surface area (Å²) in [6, 6.07) is 22.3. The van der Waals surface area contributed by atoms with Gasteiger partial charge in [0, 0.05) is 17.2 Å². The van der Waals surface area contributed by atoms with E-state index in [2.05, 4.69) is 15.0 Å². The van der Waals surface area contributed by atoms with E-state index in [9.17, 15) is 13.2 Å². The van der Waals surface area contributed by atoms with Crippen LogP contribution >= 0.6 is 0 Å². The van der Waals surface area contributed by atoms with Crippen LogP contribution in [0.5, 0.6) is 5.75 Å². The number of nitrogens with zero attached hydrogens (tertiary/aromatic N) is 1. The molecule has 3 aromatic carbocycles.